The second-order valence-electron chi connectivity index (χ2n) is 30.1. The highest BCUT2D eigenvalue weighted by molar-refractivity contribution is 6.84. The molecule has 0 fully saturated rings. The van der Waals surface area contributed by atoms with Crippen molar-refractivity contribution in [3.8, 4) is 11.5 Å². The van der Waals surface area contributed by atoms with E-state index >= 15 is 0 Å². The third-order valence-corrected chi connectivity index (χ3v) is 23.1. The lowest BCUT2D eigenvalue weighted by Crippen LogP contribution is -2.44. The molecule has 25 heteroatoms. The molecule has 0 radical (unpaired) electrons. The summed E-state index contributed by atoms with van der Waals surface area (Å²) in [4.78, 5) is 0. The van der Waals surface area contributed by atoms with E-state index < -0.39 is 16.6 Å². The summed E-state index contributed by atoms with van der Waals surface area (Å²) in [5.41, 5.74) is 3.42. The predicted octanol–water partition coefficient (Wildman–Crippen LogP) is 12.1. The van der Waals surface area contributed by atoms with Gasteiger partial charge in [0.05, 0.1) is 251 Å². The minimum atomic E-state index is -1.81. The molecule has 0 saturated heterocycles. The molecule has 2 aromatic rings. The summed E-state index contributed by atoms with van der Waals surface area (Å²) in [5, 5.41) is 0. The van der Waals surface area contributed by atoms with E-state index in [1.165, 1.54) is 11.1 Å². The van der Waals surface area contributed by atoms with E-state index in [0.717, 1.165) is 49.3 Å². The fourth-order valence-electron chi connectivity index (χ4n) is 11.5. The van der Waals surface area contributed by atoms with Crippen LogP contribution in [0.15, 0.2) is 48.5 Å². The average Bonchev–Trinajstić information content (AvgIpc) is 0.838. The molecule has 0 bridgehead atoms. The van der Waals surface area contributed by atoms with Gasteiger partial charge < -0.3 is 108 Å². The molecule has 0 saturated carbocycles. The Morgan fingerprint density at radius 1 is 0.214 bits per heavy atom. The third kappa shape index (κ3) is 62.1. The van der Waals surface area contributed by atoms with Crippen molar-refractivity contribution >= 4 is 16.6 Å². The van der Waals surface area contributed by atoms with Crippen molar-refractivity contribution in [1.82, 2.24) is 0 Å². The molecule has 2 aromatic carbocycles. The van der Waals surface area contributed by atoms with Crippen LogP contribution in [0, 0.1) is 10.8 Å². The Morgan fingerprint density at radius 3 is 0.534 bits per heavy atom. The molecular formula is C78H146O23Si2. The van der Waals surface area contributed by atoms with E-state index in [-0.39, 0.29) is 21.7 Å². The first-order valence-electron chi connectivity index (χ1n) is 38.2. The Morgan fingerprint density at radius 2 is 0.369 bits per heavy atom. The van der Waals surface area contributed by atoms with Gasteiger partial charge in [0, 0.05) is 13.2 Å². The van der Waals surface area contributed by atoms with Gasteiger partial charge in [-0.25, -0.2) is 0 Å². The largest absolute Gasteiger partial charge is 0.491 e. The van der Waals surface area contributed by atoms with Crippen LogP contribution < -0.4 is 9.47 Å². The number of hydrogen-bond donors (Lipinski definition) is 0. The molecule has 0 N–H and O–H groups in total. The Balaban J connectivity index is 1.19. The second-order valence-corrected chi connectivity index (χ2v) is 38.9. The van der Waals surface area contributed by atoms with E-state index in [1.807, 2.05) is 24.3 Å². The van der Waals surface area contributed by atoms with Gasteiger partial charge in [-0.3, -0.25) is 0 Å². The van der Waals surface area contributed by atoms with Crippen LogP contribution in [0.4, 0.5) is 0 Å². The lowest BCUT2D eigenvalue weighted by atomic mass is 9.72. The zero-order valence-electron chi connectivity index (χ0n) is 66.9. The van der Waals surface area contributed by atoms with Crippen molar-refractivity contribution in [2.45, 2.75) is 144 Å². The van der Waals surface area contributed by atoms with Crippen LogP contribution in [0.2, 0.25) is 38.3 Å². The Hall–Kier alpha value is -2.37. The predicted molar refractivity (Wildman–Crippen MR) is 409 cm³/mol. The van der Waals surface area contributed by atoms with E-state index in [2.05, 4.69) is 120 Å². The number of rotatable bonds is 76. The van der Waals surface area contributed by atoms with Crippen LogP contribution in [0.25, 0.3) is 0 Å². The monoisotopic (exact) mass is 1510 g/mol. The van der Waals surface area contributed by atoms with Gasteiger partial charge in [0.2, 0.25) is 0 Å². The highest BCUT2D eigenvalue weighted by Gasteiger charge is 2.33. The molecule has 0 heterocycles. The molecule has 0 amide bonds. The molecule has 103 heavy (non-hydrogen) atoms. The van der Waals surface area contributed by atoms with Crippen molar-refractivity contribution in [2.24, 2.45) is 10.8 Å². The molecule has 0 aliphatic carbocycles. The Kier molecular flexibility index (Phi) is 58.6. The van der Waals surface area contributed by atoms with Gasteiger partial charge in [-0.1, -0.05) is 93.5 Å². The molecule has 0 aromatic heterocycles. The minimum Gasteiger partial charge on any atom is -0.491 e. The number of benzene rings is 2. The van der Waals surface area contributed by atoms with Crippen LogP contribution in [-0.2, 0) is 110 Å². The minimum absolute atomic E-state index is 0.114. The van der Waals surface area contributed by atoms with Crippen LogP contribution in [0.1, 0.15) is 106 Å². The first-order chi connectivity index (χ1) is 49.5. The van der Waals surface area contributed by atoms with E-state index in [4.69, 9.17) is 108 Å². The first kappa shape index (κ1) is 96.7. The summed E-state index contributed by atoms with van der Waals surface area (Å²) in [5.74, 6) is 1.71. The maximum Gasteiger partial charge on any atom is 0.173 e. The highest BCUT2D eigenvalue weighted by atomic mass is 28.4. The van der Waals surface area contributed by atoms with Crippen LogP contribution in [0.5, 0.6) is 11.5 Å². The van der Waals surface area contributed by atoms with Crippen molar-refractivity contribution < 1.29 is 108 Å². The summed E-state index contributed by atoms with van der Waals surface area (Å²) in [7, 11) is -3.62. The van der Waals surface area contributed by atoms with Gasteiger partial charge in [0.25, 0.3) is 0 Å². The van der Waals surface area contributed by atoms with Gasteiger partial charge in [-0.05, 0) is 121 Å². The van der Waals surface area contributed by atoms with E-state index in [9.17, 15) is 0 Å². The quantitative estimate of drug-likeness (QED) is 0.0445. The second kappa shape index (κ2) is 62.4. The summed E-state index contributed by atoms with van der Waals surface area (Å²) >= 11 is 0. The summed E-state index contributed by atoms with van der Waals surface area (Å²) in [6.45, 7) is 53.9. The SMILES string of the molecule is CC(C)(C)CC(C)(C)c1ccc(OCCOCCOCCOCCOCCOCCOCCOCCOCCOCCOCCC[Si](C)(C)O[Si](C)(C)CCCOCCOCCOCCOCCOCCOCCOCCOCCOCCOCCOc2ccc(C(C)(C)CC(C)(C)C)cc2)cc1. The fraction of sp³-hybridized carbons (Fsp3) is 0.846. The normalized spacial score (nSPS) is 12.7. The molecular weight excluding hydrogens is 1360 g/mol. The molecule has 0 spiro atoms. The van der Waals surface area contributed by atoms with Crippen molar-refractivity contribution in [3.63, 3.8) is 0 Å². The van der Waals surface area contributed by atoms with Crippen molar-refractivity contribution in [3.05, 3.63) is 59.7 Å². The van der Waals surface area contributed by atoms with Crippen LogP contribution in [0.3, 0.4) is 0 Å². The summed E-state index contributed by atoms with van der Waals surface area (Å²) in [6.07, 6.45) is 4.19. The Bertz CT molecular complexity index is 2020. The first-order valence-corrected chi connectivity index (χ1v) is 44.4. The standard InChI is InChI=1S/C78H146O23Si2/c1-75(2,3)69-77(7,8)71-17-21-73(22-18-71)99-65-63-97-61-59-95-57-55-93-53-51-91-49-47-89-45-43-87-41-39-85-37-35-83-33-31-81-29-27-79-25-15-67-102(11,12)101-103(13,14)68-16-26-80-28-30-82-32-34-84-36-38-86-40-42-88-44-46-90-48-50-92-52-54-94-56-58-96-60-62-98-64-66-100-74-23-19-72(20-24-74)78(9,10)70-76(4,5)6/h17-24H,15-16,25-70H2,1-14H3. The molecule has 604 valence electrons. The molecule has 0 aliphatic rings. The molecule has 0 unspecified atom stereocenters. The molecule has 23 nitrogen and oxygen atoms in total. The summed E-state index contributed by atoms with van der Waals surface area (Å²) < 4.78 is 131. The average molecular weight is 1510 g/mol. The molecule has 0 aliphatic heterocycles. The Labute approximate surface area is 625 Å². The lowest BCUT2D eigenvalue weighted by Gasteiger charge is -2.34. The molecule has 0 atom stereocenters. The summed E-state index contributed by atoms with van der Waals surface area (Å²) in [6, 6.07) is 19.0. The highest BCUT2D eigenvalue weighted by Crippen LogP contribution is 2.38. The van der Waals surface area contributed by atoms with Crippen LogP contribution >= 0.6 is 0 Å². The zero-order valence-corrected chi connectivity index (χ0v) is 68.9. The van der Waals surface area contributed by atoms with Crippen molar-refractivity contribution in [2.75, 3.05) is 277 Å². The number of ether oxygens (including phenoxy) is 22. The third-order valence-electron chi connectivity index (χ3n) is 15.6. The lowest BCUT2D eigenvalue weighted by molar-refractivity contribution is -0.0267. The smallest absolute Gasteiger partial charge is 0.173 e. The fourth-order valence-corrected chi connectivity index (χ4v) is 20.3. The van der Waals surface area contributed by atoms with Gasteiger partial charge >= 0.3 is 0 Å². The maximum absolute atomic E-state index is 6.82. The number of hydrogen-bond acceptors (Lipinski definition) is 23. The molecule has 2 rings (SSSR count). The maximum atomic E-state index is 6.82. The van der Waals surface area contributed by atoms with E-state index in [0.29, 0.717) is 277 Å². The zero-order chi connectivity index (χ0) is 75.2. The van der Waals surface area contributed by atoms with Crippen LogP contribution in [-0.4, -0.2) is 294 Å². The van der Waals surface area contributed by atoms with Gasteiger partial charge in [-0.15, -0.1) is 0 Å². The van der Waals surface area contributed by atoms with Crippen molar-refractivity contribution in [1.29, 1.82) is 0 Å². The van der Waals surface area contributed by atoms with Gasteiger partial charge in [-0.2, -0.15) is 0 Å². The van der Waals surface area contributed by atoms with E-state index in [1.54, 1.807) is 0 Å². The van der Waals surface area contributed by atoms with Gasteiger partial charge in [0.1, 0.15) is 24.7 Å². The topological polar surface area (TPSA) is 212 Å². The van der Waals surface area contributed by atoms with Gasteiger partial charge in [0.15, 0.2) is 16.6 Å².